The van der Waals surface area contributed by atoms with Crippen molar-refractivity contribution in [2.75, 3.05) is 19.1 Å². The third-order valence-electron chi connectivity index (χ3n) is 7.25. The van der Waals surface area contributed by atoms with Crippen molar-refractivity contribution in [1.29, 1.82) is 0 Å². The Morgan fingerprint density at radius 1 is 1.02 bits per heavy atom. The number of hydrogen-bond donors (Lipinski definition) is 1. The van der Waals surface area contributed by atoms with Crippen LogP contribution in [0.15, 0.2) is 66.7 Å². The number of ether oxygens (including phenoxy) is 2. The van der Waals surface area contributed by atoms with Crippen molar-refractivity contribution in [3.05, 3.63) is 78.1 Å². The lowest BCUT2D eigenvalue weighted by molar-refractivity contribution is -0.127. The van der Waals surface area contributed by atoms with Crippen LogP contribution in [0.3, 0.4) is 0 Å². The minimum Gasteiger partial charge on any atom is -0.497 e. The molecule has 0 spiro atoms. The Bertz CT molecular complexity index is 1500. The van der Waals surface area contributed by atoms with Crippen molar-refractivity contribution < 1.29 is 23.5 Å². The quantitative estimate of drug-likeness (QED) is 0.324. The maximum absolute atomic E-state index is 14.6. The standard InChI is InChI=1S/C30H32FN5O4/c1-39-23-15-16-24(27(18-23)40-2)29(30(38)32-21-10-4-3-5-11-21)36(22-12-8-9-20(31)17-22)28(37)19-35-26-14-7-6-13-25(26)33-34-35/h6-9,12-18,21,29H,3-5,10-11,19H2,1-2H3,(H,32,38)/t29-/m1/s1. The van der Waals surface area contributed by atoms with Crippen LogP contribution < -0.4 is 19.7 Å². The van der Waals surface area contributed by atoms with Gasteiger partial charge in [-0.3, -0.25) is 14.5 Å². The van der Waals surface area contributed by atoms with Crippen LogP contribution >= 0.6 is 0 Å². The molecule has 10 heteroatoms. The first-order valence-electron chi connectivity index (χ1n) is 13.4. The summed E-state index contributed by atoms with van der Waals surface area (Å²) in [4.78, 5) is 29.6. The van der Waals surface area contributed by atoms with Crippen LogP contribution in [-0.4, -0.2) is 47.1 Å². The number of rotatable bonds is 9. The lowest BCUT2D eigenvalue weighted by Gasteiger charge is -2.34. The number of nitrogens with zero attached hydrogens (tertiary/aromatic N) is 4. The molecule has 0 aliphatic heterocycles. The molecule has 9 nitrogen and oxygen atoms in total. The van der Waals surface area contributed by atoms with Crippen molar-refractivity contribution in [1.82, 2.24) is 20.3 Å². The predicted octanol–water partition coefficient (Wildman–Crippen LogP) is 4.81. The first-order chi connectivity index (χ1) is 19.5. The molecule has 1 aromatic heterocycles. The zero-order valence-corrected chi connectivity index (χ0v) is 22.5. The maximum Gasteiger partial charge on any atom is 0.249 e. The van der Waals surface area contributed by atoms with Gasteiger partial charge in [0, 0.05) is 23.4 Å². The summed E-state index contributed by atoms with van der Waals surface area (Å²) in [5.74, 6) is -0.484. The van der Waals surface area contributed by atoms with E-state index < -0.39 is 17.8 Å². The summed E-state index contributed by atoms with van der Waals surface area (Å²) in [6, 6.07) is 16.8. The third-order valence-corrected chi connectivity index (χ3v) is 7.25. The summed E-state index contributed by atoms with van der Waals surface area (Å²) in [7, 11) is 3.02. The van der Waals surface area contributed by atoms with E-state index in [2.05, 4.69) is 15.6 Å². The van der Waals surface area contributed by atoms with E-state index in [1.54, 1.807) is 30.3 Å². The number of aromatic nitrogens is 3. The molecule has 1 fully saturated rings. The normalized spacial score (nSPS) is 14.5. The second-order valence-electron chi connectivity index (χ2n) is 9.83. The monoisotopic (exact) mass is 545 g/mol. The van der Waals surface area contributed by atoms with Gasteiger partial charge in [0.15, 0.2) is 0 Å². The third kappa shape index (κ3) is 5.75. The van der Waals surface area contributed by atoms with E-state index in [1.165, 1.54) is 42.0 Å². The highest BCUT2D eigenvalue weighted by Gasteiger charge is 2.36. The molecule has 0 unspecified atom stereocenters. The van der Waals surface area contributed by atoms with Crippen molar-refractivity contribution in [2.45, 2.75) is 50.7 Å². The second-order valence-corrected chi connectivity index (χ2v) is 9.83. The number of carbonyl (C=O) groups is 2. The first kappa shape index (κ1) is 27.1. The molecular weight excluding hydrogens is 513 g/mol. The van der Waals surface area contributed by atoms with E-state index in [0.717, 1.165) is 32.1 Å². The summed E-state index contributed by atoms with van der Waals surface area (Å²) in [5.41, 5.74) is 1.98. The zero-order valence-electron chi connectivity index (χ0n) is 22.5. The molecule has 0 bridgehead atoms. The minimum atomic E-state index is -1.16. The highest BCUT2D eigenvalue weighted by atomic mass is 19.1. The maximum atomic E-state index is 14.6. The number of methoxy groups -OCH3 is 2. The molecule has 1 aliphatic rings. The highest BCUT2D eigenvalue weighted by Crippen LogP contribution is 2.36. The number of hydrogen-bond acceptors (Lipinski definition) is 6. The number of para-hydroxylation sites is 1. The minimum absolute atomic E-state index is 0.0169. The van der Waals surface area contributed by atoms with Crippen molar-refractivity contribution in [3.63, 3.8) is 0 Å². The van der Waals surface area contributed by atoms with Crippen LogP contribution in [0.2, 0.25) is 0 Å². The molecule has 1 heterocycles. The van der Waals surface area contributed by atoms with E-state index >= 15 is 0 Å². The molecular formula is C30H32FN5O4. The largest absolute Gasteiger partial charge is 0.497 e. The first-order valence-corrected chi connectivity index (χ1v) is 13.4. The smallest absolute Gasteiger partial charge is 0.249 e. The molecule has 1 aliphatic carbocycles. The van der Waals surface area contributed by atoms with Gasteiger partial charge >= 0.3 is 0 Å². The molecule has 1 N–H and O–H groups in total. The van der Waals surface area contributed by atoms with Gasteiger partial charge in [-0.15, -0.1) is 5.10 Å². The number of anilines is 1. The van der Waals surface area contributed by atoms with E-state index in [1.807, 2.05) is 18.2 Å². The van der Waals surface area contributed by atoms with E-state index in [9.17, 15) is 14.0 Å². The van der Waals surface area contributed by atoms with Gasteiger partial charge in [0.1, 0.15) is 35.4 Å². The summed E-state index contributed by atoms with van der Waals surface area (Å²) >= 11 is 0. The fourth-order valence-electron chi connectivity index (χ4n) is 5.27. The van der Waals surface area contributed by atoms with Gasteiger partial charge in [0.25, 0.3) is 0 Å². The van der Waals surface area contributed by atoms with Crippen LogP contribution in [0.4, 0.5) is 10.1 Å². The second kappa shape index (κ2) is 12.1. The average molecular weight is 546 g/mol. The van der Waals surface area contributed by atoms with E-state index in [0.29, 0.717) is 28.1 Å². The molecule has 1 atom stereocenters. The van der Waals surface area contributed by atoms with Crippen LogP contribution in [-0.2, 0) is 16.1 Å². The summed E-state index contributed by atoms with van der Waals surface area (Å²) < 4.78 is 27.1. The Balaban J connectivity index is 1.61. The molecule has 208 valence electrons. The number of carbonyl (C=O) groups excluding carboxylic acids is 2. The lowest BCUT2D eigenvalue weighted by atomic mass is 9.94. The summed E-state index contributed by atoms with van der Waals surface area (Å²) in [6.07, 6.45) is 4.89. The topological polar surface area (TPSA) is 98.6 Å². The molecule has 4 aromatic rings. The zero-order chi connectivity index (χ0) is 28.1. The van der Waals surface area contributed by atoms with E-state index in [4.69, 9.17) is 9.47 Å². The van der Waals surface area contributed by atoms with Gasteiger partial charge in [-0.1, -0.05) is 42.7 Å². The Morgan fingerprint density at radius 3 is 2.58 bits per heavy atom. The van der Waals surface area contributed by atoms with Crippen molar-refractivity contribution in [3.8, 4) is 11.5 Å². The number of fused-ring (bicyclic) bond motifs is 1. The lowest BCUT2D eigenvalue weighted by Crippen LogP contribution is -2.48. The number of amides is 2. The van der Waals surface area contributed by atoms with Crippen LogP contribution in [0.25, 0.3) is 11.0 Å². The Kier molecular flexibility index (Phi) is 8.23. The number of halogens is 1. The van der Waals surface area contributed by atoms with Gasteiger partial charge in [-0.25, -0.2) is 9.07 Å². The summed E-state index contributed by atoms with van der Waals surface area (Å²) in [6.45, 7) is -0.220. The number of benzene rings is 3. The number of nitrogens with one attached hydrogen (secondary N) is 1. The highest BCUT2D eigenvalue weighted by molar-refractivity contribution is 6.02. The van der Waals surface area contributed by atoms with Crippen LogP contribution in [0, 0.1) is 5.82 Å². The van der Waals surface area contributed by atoms with Gasteiger partial charge in [-0.05, 0) is 55.3 Å². The van der Waals surface area contributed by atoms with Gasteiger partial charge in [0.2, 0.25) is 11.8 Å². The molecule has 0 saturated heterocycles. The molecule has 2 amide bonds. The molecule has 5 rings (SSSR count). The van der Waals surface area contributed by atoms with Crippen LogP contribution in [0.5, 0.6) is 11.5 Å². The van der Waals surface area contributed by atoms with Crippen molar-refractivity contribution in [2.24, 2.45) is 0 Å². The van der Waals surface area contributed by atoms with Gasteiger partial charge < -0.3 is 14.8 Å². The fourth-order valence-corrected chi connectivity index (χ4v) is 5.27. The average Bonchev–Trinajstić information content (AvgIpc) is 3.38. The van der Waals surface area contributed by atoms with Crippen LogP contribution in [0.1, 0.15) is 43.7 Å². The van der Waals surface area contributed by atoms with Gasteiger partial charge in [-0.2, -0.15) is 0 Å². The van der Waals surface area contributed by atoms with Crippen molar-refractivity contribution >= 4 is 28.5 Å². The van der Waals surface area contributed by atoms with Gasteiger partial charge in [0.05, 0.1) is 19.7 Å². The molecule has 1 saturated carbocycles. The molecule has 0 radical (unpaired) electrons. The molecule has 3 aromatic carbocycles. The predicted molar refractivity (Wildman–Crippen MR) is 149 cm³/mol. The Hall–Kier alpha value is -4.47. The van der Waals surface area contributed by atoms with E-state index in [-0.39, 0.29) is 24.2 Å². The fraction of sp³-hybridized carbons (Fsp3) is 0.333. The Morgan fingerprint density at radius 2 is 1.82 bits per heavy atom. The SMILES string of the molecule is COc1ccc([C@H](C(=O)NC2CCCCC2)N(C(=O)Cn2nnc3ccccc32)c2cccc(F)c2)c(OC)c1. The summed E-state index contributed by atoms with van der Waals surface area (Å²) in [5, 5.41) is 11.5. The Labute approximate surface area is 231 Å². The molecule has 40 heavy (non-hydrogen) atoms.